The van der Waals surface area contributed by atoms with Crippen LogP contribution in [0.5, 0.6) is 0 Å². The number of hydrogen-bond donors (Lipinski definition) is 1. The molecule has 1 fully saturated rings. The van der Waals surface area contributed by atoms with Crippen molar-refractivity contribution < 1.29 is 9.13 Å². The number of nitrogens with zero attached hydrogens (tertiary/aromatic N) is 1. The third kappa shape index (κ3) is 2.42. The highest BCUT2D eigenvalue weighted by atomic mass is 19.1. The molecule has 3 nitrogen and oxygen atoms in total. The zero-order valence-corrected chi connectivity index (χ0v) is 10.4. The maximum atomic E-state index is 13.2. The van der Waals surface area contributed by atoms with Crippen molar-refractivity contribution in [1.82, 2.24) is 0 Å². The largest absolute Gasteiger partial charge is 0.380 e. The van der Waals surface area contributed by atoms with E-state index in [4.69, 9.17) is 10.5 Å². The molecule has 1 aliphatic heterocycles. The third-order valence-corrected chi connectivity index (χ3v) is 3.40. The number of anilines is 1. The molecule has 0 amide bonds. The minimum Gasteiger partial charge on any atom is -0.380 e. The van der Waals surface area contributed by atoms with Crippen LogP contribution in [0.3, 0.4) is 0 Å². The SMILES string of the molecule is Cc1cc(N(C)CC2(CN)COC2)ccc1F. The van der Waals surface area contributed by atoms with Gasteiger partial charge >= 0.3 is 0 Å². The number of halogens is 1. The van der Waals surface area contributed by atoms with E-state index in [1.165, 1.54) is 6.07 Å². The van der Waals surface area contributed by atoms with Gasteiger partial charge in [-0.05, 0) is 30.7 Å². The minimum absolute atomic E-state index is 0.0665. The third-order valence-electron chi connectivity index (χ3n) is 3.40. The first-order valence-electron chi connectivity index (χ1n) is 5.81. The molecule has 0 aromatic heterocycles. The molecule has 2 N–H and O–H groups in total. The molecule has 1 saturated heterocycles. The van der Waals surface area contributed by atoms with Crippen LogP contribution in [-0.2, 0) is 4.74 Å². The van der Waals surface area contributed by atoms with Gasteiger partial charge in [0.25, 0.3) is 0 Å². The van der Waals surface area contributed by atoms with Crippen LogP contribution in [0.4, 0.5) is 10.1 Å². The van der Waals surface area contributed by atoms with Crippen LogP contribution in [0, 0.1) is 18.2 Å². The Morgan fingerprint density at radius 1 is 1.47 bits per heavy atom. The van der Waals surface area contributed by atoms with Crippen LogP contribution < -0.4 is 10.6 Å². The first-order chi connectivity index (χ1) is 8.06. The predicted octanol–water partition coefficient (Wildman–Crippen LogP) is 1.55. The van der Waals surface area contributed by atoms with Crippen LogP contribution >= 0.6 is 0 Å². The summed E-state index contributed by atoms with van der Waals surface area (Å²) in [7, 11) is 2.00. The lowest BCUT2D eigenvalue weighted by Gasteiger charge is -2.43. The summed E-state index contributed by atoms with van der Waals surface area (Å²) in [5, 5.41) is 0. The Hall–Kier alpha value is -1.13. The minimum atomic E-state index is -0.164. The van der Waals surface area contributed by atoms with E-state index in [2.05, 4.69) is 4.90 Å². The molecule has 17 heavy (non-hydrogen) atoms. The highest BCUT2D eigenvalue weighted by molar-refractivity contribution is 5.48. The van der Waals surface area contributed by atoms with Gasteiger partial charge in [-0.25, -0.2) is 4.39 Å². The van der Waals surface area contributed by atoms with Gasteiger partial charge in [0.15, 0.2) is 0 Å². The Morgan fingerprint density at radius 2 is 2.18 bits per heavy atom. The van der Waals surface area contributed by atoms with Crippen LogP contribution in [-0.4, -0.2) is 33.4 Å². The number of nitrogens with two attached hydrogens (primary N) is 1. The van der Waals surface area contributed by atoms with Gasteiger partial charge in [0, 0.05) is 31.2 Å². The number of benzene rings is 1. The van der Waals surface area contributed by atoms with Crippen LogP contribution in [0.1, 0.15) is 5.56 Å². The second-order valence-electron chi connectivity index (χ2n) is 4.99. The van der Waals surface area contributed by atoms with E-state index in [0.717, 1.165) is 12.2 Å². The second-order valence-corrected chi connectivity index (χ2v) is 4.99. The molecule has 1 aromatic rings. The Balaban J connectivity index is 2.08. The van der Waals surface area contributed by atoms with Crippen molar-refractivity contribution in [3.63, 3.8) is 0 Å². The van der Waals surface area contributed by atoms with Crippen LogP contribution in [0.25, 0.3) is 0 Å². The van der Waals surface area contributed by atoms with Crippen molar-refractivity contribution in [2.45, 2.75) is 6.92 Å². The fourth-order valence-electron chi connectivity index (χ4n) is 2.13. The summed E-state index contributed by atoms with van der Waals surface area (Å²) in [4.78, 5) is 2.11. The Kier molecular flexibility index (Phi) is 3.35. The summed E-state index contributed by atoms with van der Waals surface area (Å²) in [6.45, 7) is 4.67. The average molecular weight is 238 g/mol. The lowest BCUT2D eigenvalue weighted by Crippen LogP contribution is -2.54. The Labute approximate surface area is 101 Å². The molecule has 1 aromatic carbocycles. The van der Waals surface area contributed by atoms with Gasteiger partial charge in [-0.1, -0.05) is 0 Å². The first kappa shape index (κ1) is 12.3. The zero-order chi connectivity index (χ0) is 12.5. The van der Waals surface area contributed by atoms with E-state index >= 15 is 0 Å². The van der Waals surface area contributed by atoms with Crippen LogP contribution in [0.15, 0.2) is 18.2 Å². The second kappa shape index (κ2) is 4.63. The van der Waals surface area contributed by atoms with Crippen molar-refractivity contribution in [1.29, 1.82) is 0 Å². The summed E-state index contributed by atoms with van der Waals surface area (Å²) >= 11 is 0. The summed E-state index contributed by atoms with van der Waals surface area (Å²) in [5.41, 5.74) is 7.53. The fourth-order valence-corrected chi connectivity index (χ4v) is 2.13. The smallest absolute Gasteiger partial charge is 0.126 e. The van der Waals surface area contributed by atoms with Crippen molar-refractivity contribution in [3.05, 3.63) is 29.6 Å². The lowest BCUT2D eigenvalue weighted by atomic mass is 9.85. The standard InChI is InChI=1S/C13H19FN2O/c1-10-5-11(3-4-12(10)14)16(2)7-13(6-15)8-17-9-13/h3-5H,6-9,15H2,1-2H3. The zero-order valence-electron chi connectivity index (χ0n) is 10.4. The molecule has 0 spiro atoms. The van der Waals surface area contributed by atoms with Gasteiger partial charge in [0.05, 0.1) is 13.2 Å². The van der Waals surface area contributed by atoms with Crippen LogP contribution in [0.2, 0.25) is 0 Å². The van der Waals surface area contributed by atoms with E-state index in [-0.39, 0.29) is 11.2 Å². The summed E-state index contributed by atoms with van der Waals surface area (Å²) in [6, 6.07) is 5.17. The van der Waals surface area contributed by atoms with Crippen molar-refractivity contribution in [3.8, 4) is 0 Å². The van der Waals surface area contributed by atoms with E-state index in [1.807, 2.05) is 13.1 Å². The maximum Gasteiger partial charge on any atom is 0.126 e. The predicted molar refractivity (Wildman–Crippen MR) is 66.7 cm³/mol. The normalized spacial score (nSPS) is 17.6. The summed E-state index contributed by atoms with van der Waals surface area (Å²) < 4.78 is 18.4. The van der Waals surface area contributed by atoms with E-state index < -0.39 is 0 Å². The molecule has 0 aliphatic carbocycles. The molecule has 0 radical (unpaired) electrons. The molecule has 0 unspecified atom stereocenters. The summed E-state index contributed by atoms with van der Waals surface area (Å²) in [5.74, 6) is -0.164. The molecule has 1 heterocycles. The van der Waals surface area contributed by atoms with E-state index in [1.54, 1.807) is 13.0 Å². The average Bonchev–Trinajstić information content (AvgIpc) is 2.27. The molecule has 0 atom stereocenters. The van der Waals surface area contributed by atoms with Gasteiger partial charge < -0.3 is 15.4 Å². The fraction of sp³-hybridized carbons (Fsp3) is 0.538. The highest BCUT2D eigenvalue weighted by Gasteiger charge is 2.38. The van der Waals surface area contributed by atoms with Gasteiger partial charge in [-0.15, -0.1) is 0 Å². The van der Waals surface area contributed by atoms with E-state index in [0.29, 0.717) is 25.3 Å². The molecule has 94 valence electrons. The molecule has 0 bridgehead atoms. The van der Waals surface area contributed by atoms with Gasteiger partial charge in [0.1, 0.15) is 5.82 Å². The van der Waals surface area contributed by atoms with Crippen molar-refractivity contribution in [2.75, 3.05) is 38.3 Å². The number of ether oxygens (including phenoxy) is 1. The summed E-state index contributed by atoms with van der Waals surface area (Å²) in [6.07, 6.45) is 0. The van der Waals surface area contributed by atoms with Gasteiger partial charge in [0.2, 0.25) is 0 Å². The number of hydrogen-bond acceptors (Lipinski definition) is 3. The molecule has 4 heteroatoms. The highest BCUT2D eigenvalue weighted by Crippen LogP contribution is 2.29. The number of aryl methyl sites for hydroxylation is 1. The Morgan fingerprint density at radius 3 is 2.65 bits per heavy atom. The van der Waals surface area contributed by atoms with Crippen molar-refractivity contribution in [2.24, 2.45) is 11.1 Å². The van der Waals surface area contributed by atoms with Gasteiger partial charge in [-0.2, -0.15) is 0 Å². The molecular weight excluding hydrogens is 219 g/mol. The lowest BCUT2D eigenvalue weighted by molar-refractivity contribution is -0.101. The maximum absolute atomic E-state index is 13.2. The van der Waals surface area contributed by atoms with E-state index in [9.17, 15) is 4.39 Å². The topological polar surface area (TPSA) is 38.5 Å². The first-order valence-corrected chi connectivity index (χ1v) is 5.81. The molecular formula is C13H19FN2O. The molecule has 0 saturated carbocycles. The molecule has 2 rings (SSSR count). The van der Waals surface area contributed by atoms with Gasteiger partial charge in [-0.3, -0.25) is 0 Å². The molecule has 1 aliphatic rings. The quantitative estimate of drug-likeness (QED) is 0.865. The van der Waals surface area contributed by atoms with Crippen molar-refractivity contribution >= 4 is 5.69 Å². The number of rotatable bonds is 4. The Bertz CT molecular complexity index is 399. The monoisotopic (exact) mass is 238 g/mol.